The largest absolute Gasteiger partial charge is 0.356 e. The highest BCUT2D eigenvalue weighted by Gasteiger charge is 2.19. The molecular weight excluding hydrogens is 353 g/mol. The molecule has 0 atom stereocenters. The molecule has 1 aromatic carbocycles. The number of nitrogens with zero attached hydrogens (tertiary/aromatic N) is 3. The molecule has 0 aliphatic carbocycles. The van der Waals surface area contributed by atoms with Gasteiger partial charge in [-0.1, -0.05) is 18.6 Å². The molecule has 0 saturated carbocycles. The third kappa shape index (κ3) is 4.33. The standard InChI is InChI=1S/C17H17FN4.C5H11N/c18-13-6-4-12(5-7-13)14-10-19-16-15(14)17(21-11-20-16)22-8-2-1-3-9-22;1-2-4-6-5-3-1/h4-7,10-11H,1-3,8-9H2,(H,19,20,21);6H,1-5H2. The summed E-state index contributed by atoms with van der Waals surface area (Å²) in [7, 11) is 0. The van der Waals surface area contributed by atoms with E-state index in [0.717, 1.165) is 41.1 Å². The molecule has 2 saturated heterocycles. The molecule has 28 heavy (non-hydrogen) atoms. The van der Waals surface area contributed by atoms with Crippen LogP contribution in [0, 0.1) is 5.82 Å². The lowest BCUT2D eigenvalue weighted by Crippen LogP contribution is -2.30. The number of rotatable bonds is 2. The summed E-state index contributed by atoms with van der Waals surface area (Å²) in [5, 5.41) is 4.31. The number of nitrogens with one attached hydrogen (secondary N) is 2. The molecule has 0 bridgehead atoms. The van der Waals surface area contributed by atoms with Crippen molar-refractivity contribution < 1.29 is 4.39 Å². The summed E-state index contributed by atoms with van der Waals surface area (Å²) in [5.41, 5.74) is 2.83. The van der Waals surface area contributed by atoms with E-state index in [-0.39, 0.29) is 5.82 Å². The maximum Gasteiger partial charge on any atom is 0.143 e. The Morgan fingerprint density at radius 2 is 1.57 bits per heavy atom. The quantitative estimate of drug-likeness (QED) is 0.686. The van der Waals surface area contributed by atoms with E-state index in [2.05, 4.69) is 25.2 Å². The molecule has 0 unspecified atom stereocenters. The van der Waals surface area contributed by atoms with E-state index < -0.39 is 0 Å². The number of aromatic nitrogens is 3. The molecule has 5 rings (SSSR count). The van der Waals surface area contributed by atoms with Crippen LogP contribution in [0.15, 0.2) is 36.8 Å². The number of H-pyrrole nitrogens is 1. The van der Waals surface area contributed by atoms with Crippen LogP contribution >= 0.6 is 0 Å². The first-order valence-electron chi connectivity index (χ1n) is 10.4. The van der Waals surface area contributed by atoms with E-state index in [1.807, 2.05) is 6.20 Å². The summed E-state index contributed by atoms with van der Waals surface area (Å²) in [6.45, 7) is 4.56. The van der Waals surface area contributed by atoms with Gasteiger partial charge in [0.1, 0.15) is 23.6 Å². The minimum absolute atomic E-state index is 0.226. The van der Waals surface area contributed by atoms with E-state index in [4.69, 9.17) is 0 Å². The van der Waals surface area contributed by atoms with E-state index in [0.29, 0.717) is 0 Å². The van der Waals surface area contributed by atoms with Crippen LogP contribution in [0.1, 0.15) is 38.5 Å². The van der Waals surface area contributed by atoms with Gasteiger partial charge in [0, 0.05) is 24.8 Å². The lowest BCUT2D eigenvalue weighted by Gasteiger charge is -2.28. The van der Waals surface area contributed by atoms with Crippen molar-refractivity contribution in [3.63, 3.8) is 0 Å². The average molecular weight is 381 g/mol. The fourth-order valence-corrected chi connectivity index (χ4v) is 3.95. The Morgan fingerprint density at radius 1 is 0.857 bits per heavy atom. The number of hydrogen-bond donors (Lipinski definition) is 2. The smallest absolute Gasteiger partial charge is 0.143 e. The number of fused-ring (bicyclic) bond motifs is 1. The predicted molar refractivity (Wildman–Crippen MR) is 112 cm³/mol. The van der Waals surface area contributed by atoms with Crippen molar-refractivity contribution >= 4 is 16.9 Å². The summed E-state index contributed by atoms with van der Waals surface area (Å²) in [6.07, 6.45) is 11.4. The van der Waals surface area contributed by atoms with Gasteiger partial charge in [0.15, 0.2) is 0 Å². The van der Waals surface area contributed by atoms with Crippen LogP contribution in [-0.4, -0.2) is 41.1 Å². The van der Waals surface area contributed by atoms with Crippen molar-refractivity contribution in [2.45, 2.75) is 38.5 Å². The summed E-state index contributed by atoms with van der Waals surface area (Å²) < 4.78 is 13.2. The molecule has 2 fully saturated rings. The first-order valence-corrected chi connectivity index (χ1v) is 10.4. The minimum Gasteiger partial charge on any atom is -0.356 e. The molecule has 3 aromatic rings. The molecule has 0 radical (unpaired) electrons. The van der Waals surface area contributed by atoms with Gasteiger partial charge in [-0.2, -0.15) is 0 Å². The van der Waals surface area contributed by atoms with Crippen LogP contribution in [0.25, 0.3) is 22.2 Å². The zero-order chi connectivity index (χ0) is 19.2. The maximum absolute atomic E-state index is 13.2. The van der Waals surface area contributed by atoms with Crippen molar-refractivity contribution in [2.24, 2.45) is 0 Å². The summed E-state index contributed by atoms with van der Waals surface area (Å²) in [6, 6.07) is 6.56. The van der Waals surface area contributed by atoms with Gasteiger partial charge >= 0.3 is 0 Å². The van der Waals surface area contributed by atoms with Crippen molar-refractivity contribution in [1.82, 2.24) is 20.3 Å². The first-order chi connectivity index (χ1) is 13.8. The zero-order valence-corrected chi connectivity index (χ0v) is 16.3. The molecular formula is C22H28FN5. The highest BCUT2D eigenvalue weighted by atomic mass is 19.1. The molecule has 0 spiro atoms. The van der Waals surface area contributed by atoms with E-state index in [1.54, 1.807) is 18.5 Å². The third-order valence-corrected chi connectivity index (χ3v) is 5.47. The Kier molecular flexibility index (Phi) is 6.17. The molecule has 6 heteroatoms. The van der Waals surface area contributed by atoms with Gasteiger partial charge in [-0.05, 0) is 62.9 Å². The first kappa shape index (κ1) is 18.9. The number of halogens is 1. The Morgan fingerprint density at radius 3 is 2.21 bits per heavy atom. The molecule has 0 amide bonds. The van der Waals surface area contributed by atoms with Crippen LogP contribution < -0.4 is 10.2 Å². The van der Waals surface area contributed by atoms with Gasteiger partial charge in [0.2, 0.25) is 0 Å². The fraction of sp³-hybridized carbons (Fsp3) is 0.455. The van der Waals surface area contributed by atoms with Crippen molar-refractivity contribution in [3.8, 4) is 11.1 Å². The molecule has 2 aliphatic heterocycles. The Balaban J connectivity index is 0.000000275. The van der Waals surface area contributed by atoms with E-state index >= 15 is 0 Å². The van der Waals surface area contributed by atoms with Gasteiger partial charge in [-0.3, -0.25) is 0 Å². The summed E-state index contributed by atoms with van der Waals surface area (Å²) in [5.74, 6) is 0.751. The lowest BCUT2D eigenvalue weighted by molar-refractivity contribution is 0.520. The number of hydrogen-bond acceptors (Lipinski definition) is 4. The van der Waals surface area contributed by atoms with Crippen molar-refractivity contribution in [1.29, 1.82) is 0 Å². The number of piperidine rings is 2. The van der Waals surface area contributed by atoms with Crippen LogP contribution in [0.4, 0.5) is 10.2 Å². The highest BCUT2D eigenvalue weighted by Crippen LogP contribution is 2.34. The molecule has 4 heterocycles. The fourth-order valence-electron chi connectivity index (χ4n) is 3.95. The summed E-state index contributed by atoms with van der Waals surface area (Å²) in [4.78, 5) is 14.4. The second-order valence-electron chi connectivity index (χ2n) is 7.49. The Hall–Kier alpha value is -2.47. The normalized spacial score (nSPS) is 17.2. The molecule has 148 valence electrons. The number of anilines is 1. The monoisotopic (exact) mass is 381 g/mol. The number of benzene rings is 1. The second kappa shape index (κ2) is 9.15. The van der Waals surface area contributed by atoms with Gasteiger partial charge in [-0.15, -0.1) is 0 Å². The maximum atomic E-state index is 13.2. The summed E-state index contributed by atoms with van der Waals surface area (Å²) >= 11 is 0. The van der Waals surface area contributed by atoms with Gasteiger partial charge in [0.25, 0.3) is 0 Å². The molecule has 2 aliphatic rings. The minimum atomic E-state index is -0.226. The number of aromatic amines is 1. The lowest BCUT2D eigenvalue weighted by atomic mass is 10.0. The molecule has 5 nitrogen and oxygen atoms in total. The molecule has 2 aromatic heterocycles. The van der Waals surface area contributed by atoms with Crippen LogP contribution in [0.3, 0.4) is 0 Å². The van der Waals surface area contributed by atoms with E-state index in [1.165, 1.54) is 63.7 Å². The van der Waals surface area contributed by atoms with Crippen LogP contribution in [-0.2, 0) is 0 Å². The van der Waals surface area contributed by atoms with Crippen LogP contribution in [0.2, 0.25) is 0 Å². The van der Waals surface area contributed by atoms with Crippen molar-refractivity contribution in [3.05, 3.63) is 42.6 Å². The third-order valence-electron chi connectivity index (χ3n) is 5.47. The zero-order valence-electron chi connectivity index (χ0n) is 16.3. The van der Waals surface area contributed by atoms with Crippen molar-refractivity contribution in [2.75, 3.05) is 31.1 Å². The second-order valence-corrected chi connectivity index (χ2v) is 7.49. The van der Waals surface area contributed by atoms with Gasteiger partial charge in [-0.25, -0.2) is 14.4 Å². The highest BCUT2D eigenvalue weighted by molar-refractivity contribution is 6.01. The van der Waals surface area contributed by atoms with Crippen LogP contribution in [0.5, 0.6) is 0 Å². The van der Waals surface area contributed by atoms with Gasteiger partial charge < -0.3 is 15.2 Å². The topological polar surface area (TPSA) is 56.8 Å². The Labute approximate surface area is 165 Å². The predicted octanol–water partition coefficient (Wildman–Crippen LogP) is 4.51. The Bertz CT molecular complexity index is 868. The average Bonchev–Trinajstić information content (AvgIpc) is 3.21. The SMILES string of the molecule is C1CCNCC1.Fc1ccc(-c2c[nH]c3ncnc(N4CCCCC4)c23)cc1. The van der Waals surface area contributed by atoms with E-state index in [9.17, 15) is 4.39 Å². The van der Waals surface area contributed by atoms with Gasteiger partial charge in [0.05, 0.1) is 5.39 Å². The molecule has 2 N–H and O–H groups in total.